The predicted molar refractivity (Wildman–Crippen MR) is 87.8 cm³/mol. The molecule has 0 spiro atoms. The third-order valence-corrected chi connectivity index (χ3v) is 3.40. The Bertz CT molecular complexity index is 1080. The number of anilines is 1. The lowest BCUT2D eigenvalue weighted by atomic mass is 10.2. The lowest BCUT2D eigenvalue weighted by molar-refractivity contribution is -0.115. The summed E-state index contributed by atoms with van der Waals surface area (Å²) in [6.45, 7) is 0. The number of carbonyl (C=O) groups is 1. The highest BCUT2D eigenvalue weighted by Crippen LogP contribution is 2.18. The molecular weight excluding hydrogens is 324 g/mol. The average molecular weight is 336 g/mol. The molecule has 0 saturated heterocycles. The van der Waals surface area contributed by atoms with Crippen LogP contribution in [0.15, 0.2) is 47.5 Å². The number of aromatic amines is 2. The van der Waals surface area contributed by atoms with Gasteiger partial charge in [0.1, 0.15) is 0 Å². The van der Waals surface area contributed by atoms with Gasteiger partial charge in [-0.2, -0.15) is 10.1 Å². The number of carbonyl (C=O) groups excluding carboxylic acids is 1. The molecule has 0 bridgehead atoms. The third kappa shape index (κ3) is 3.13. The lowest BCUT2D eigenvalue weighted by Crippen LogP contribution is -2.15. The number of hydrogen-bond donors (Lipinski definition) is 3. The fraction of sp³-hybridized carbons (Fsp3) is 0.0667. The molecule has 124 valence electrons. The molecule has 0 radical (unpaired) electrons. The maximum Gasteiger partial charge on any atom is 0.340 e. The van der Waals surface area contributed by atoms with Gasteiger partial charge < -0.3 is 5.32 Å². The van der Waals surface area contributed by atoms with Crippen molar-refractivity contribution in [2.45, 2.75) is 6.42 Å². The van der Waals surface area contributed by atoms with Crippen molar-refractivity contribution in [3.63, 3.8) is 0 Å². The second kappa shape index (κ2) is 6.00. The fourth-order valence-electron chi connectivity index (χ4n) is 2.35. The topological polar surface area (TPSA) is 134 Å². The average Bonchev–Trinajstić information content (AvgIpc) is 3.20. The molecule has 3 heterocycles. The van der Waals surface area contributed by atoms with Gasteiger partial charge in [0.2, 0.25) is 5.91 Å². The van der Waals surface area contributed by atoms with Crippen LogP contribution >= 0.6 is 0 Å². The second-order valence-corrected chi connectivity index (χ2v) is 5.22. The van der Waals surface area contributed by atoms with Crippen molar-refractivity contribution < 1.29 is 4.79 Å². The van der Waals surface area contributed by atoms with Crippen LogP contribution in [0.3, 0.4) is 0 Å². The van der Waals surface area contributed by atoms with E-state index in [4.69, 9.17) is 0 Å². The van der Waals surface area contributed by atoms with Crippen LogP contribution in [-0.2, 0) is 11.2 Å². The number of aromatic nitrogens is 7. The summed E-state index contributed by atoms with van der Waals surface area (Å²) in [4.78, 5) is 34.2. The standard InChI is InChI=1S/C15H12N8O2/c24-12(8-11-18-14-16-5-2-6-23(14)22-11)17-10-4-1-3-9(7-10)13-19-15(25)21-20-13/h1-7H,8H2,(H,17,24)(H2,19,20,21,25). The van der Waals surface area contributed by atoms with E-state index in [1.165, 1.54) is 4.52 Å². The van der Waals surface area contributed by atoms with E-state index >= 15 is 0 Å². The van der Waals surface area contributed by atoms with Crippen LogP contribution < -0.4 is 11.0 Å². The van der Waals surface area contributed by atoms with E-state index in [1.54, 1.807) is 42.7 Å². The van der Waals surface area contributed by atoms with E-state index in [2.05, 4.69) is 35.6 Å². The molecule has 0 aliphatic heterocycles. The Morgan fingerprint density at radius 1 is 1.28 bits per heavy atom. The van der Waals surface area contributed by atoms with E-state index in [0.717, 1.165) is 0 Å². The van der Waals surface area contributed by atoms with E-state index in [9.17, 15) is 9.59 Å². The van der Waals surface area contributed by atoms with Gasteiger partial charge >= 0.3 is 5.69 Å². The Hall–Kier alpha value is -3.82. The molecule has 4 rings (SSSR count). The lowest BCUT2D eigenvalue weighted by Gasteiger charge is -2.05. The van der Waals surface area contributed by atoms with Gasteiger partial charge in [0.25, 0.3) is 5.78 Å². The minimum Gasteiger partial charge on any atom is -0.326 e. The zero-order chi connectivity index (χ0) is 17.2. The maximum absolute atomic E-state index is 12.2. The van der Waals surface area contributed by atoms with Crippen molar-refractivity contribution in [2.24, 2.45) is 0 Å². The zero-order valence-corrected chi connectivity index (χ0v) is 12.8. The first-order chi connectivity index (χ1) is 12.2. The summed E-state index contributed by atoms with van der Waals surface area (Å²) < 4.78 is 1.51. The van der Waals surface area contributed by atoms with E-state index < -0.39 is 5.69 Å². The molecule has 4 aromatic rings. The summed E-state index contributed by atoms with van der Waals surface area (Å²) >= 11 is 0. The molecule has 0 fully saturated rings. The van der Waals surface area contributed by atoms with Gasteiger partial charge in [-0.15, -0.1) is 5.10 Å². The van der Waals surface area contributed by atoms with Crippen LogP contribution in [0, 0.1) is 0 Å². The first kappa shape index (κ1) is 14.8. The molecule has 25 heavy (non-hydrogen) atoms. The quantitative estimate of drug-likeness (QED) is 0.493. The molecule has 0 saturated carbocycles. The number of fused-ring (bicyclic) bond motifs is 1. The van der Waals surface area contributed by atoms with Gasteiger partial charge in [-0.25, -0.2) is 19.4 Å². The molecule has 0 unspecified atom stereocenters. The van der Waals surface area contributed by atoms with Crippen molar-refractivity contribution in [1.29, 1.82) is 0 Å². The minimum atomic E-state index is -0.393. The minimum absolute atomic E-state index is 0.0207. The summed E-state index contributed by atoms with van der Waals surface area (Å²) in [6.07, 6.45) is 3.34. The van der Waals surface area contributed by atoms with Crippen molar-refractivity contribution >= 4 is 17.4 Å². The number of nitrogens with one attached hydrogen (secondary N) is 3. The molecule has 0 aliphatic rings. The normalized spacial score (nSPS) is 10.9. The summed E-state index contributed by atoms with van der Waals surface area (Å²) in [6, 6.07) is 8.71. The Labute approximate surface area is 140 Å². The molecular formula is C15H12N8O2. The SMILES string of the molecule is O=C(Cc1nc2ncccn2n1)Nc1cccc(-c2n[nH]c(=O)[nH]2)c1. The molecule has 0 atom stereocenters. The molecule has 1 aromatic carbocycles. The van der Waals surface area contributed by atoms with Crippen LogP contribution in [0.4, 0.5) is 5.69 Å². The van der Waals surface area contributed by atoms with Gasteiger partial charge in [-0.3, -0.25) is 9.78 Å². The van der Waals surface area contributed by atoms with Gasteiger partial charge in [-0.05, 0) is 18.2 Å². The number of rotatable bonds is 4. The summed E-state index contributed by atoms with van der Waals surface area (Å²) in [5.41, 5.74) is 0.857. The Balaban J connectivity index is 1.49. The van der Waals surface area contributed by atoms with Crippen LogP contribution in [0.1, 0.15) is 5.82 Å². The van der Waals surface area contributed by atoms with Crippen LogP contribution in [0.25, 0.3) is 17.2 Å². The largest absolute Gasteiger partial charge is 0.340 e. The highest BCUT2D eigenvalue weighted by molar-refractivity contribution is 5.92. The first-order valence-electron chi connectivity index (χ1n) is 7.39. The Morgan fingerprint density at radius 2 is 2.20 bits per heavy atom. The highest BCUT2D eigenvalue weighted by atomic mass is 16.2. The van der Waals surface area contributed by atoms with Crippen molar-refractivity contribution in [3.8, 4) is 11.4 Å². The predicted octanol–water partition coefficient (Wildman–Crippen LogP) is 0.384. The van der Waals surface area contributed by atoms with Gasteiger partial charge in [0, 0.05) is 23.6 Å². The second-order valence-electron chi connectivity index (χ2n) is 5.22. The summed E-state index contributed by atoms with van der Waals surface area (Å²) in [5.74, 6) is 0.955. The Morgan fingerprint density at radius 3 is 3.00 bits per heavy atom. The molecule has 1 amide bonds. The van der Waals surface area contributed by atoms with Gasteiger partial charge in [0.05, 0.1) is 6.42 Å². The van der Waals surface area contributed by atoms with E-state index in [0.29, 0.717) is 28.7 Å². The van der Waals surface area contributed by atoms with E-state index in [1.807, 2.05) is 0 Å². The highest BCUT2D eigenvalue weighted by Gasteiger charge is 2.11. The smallest absolute Gasteiger partial charge is 0.326 e. The van der Waals surface area contributed by atoms with Crippen molar-refractivity contribution in [3.05, 3.63) is 59.0 Å². The number of H-pyrrole nitrogens is 2. The van der Waals surface area contributed by atoms with Crippen molar-refractivity contribution in [1.82, 2.24) is 34.8 Å². The number of hydrogen-bond acceptors (Lipinski definition) is 6. The number of amides is 1. The van der Waals surface area contributed by atoms with Crippen LogP contribution in [-0.4, -0.2) is 40.7 Å². The summed E-state index contributed by atoms with van der Waals surface area (Å²) in [5, 5.41) is 13.1. The first-order valence-corrected chi connectivity index (χ1v) is 7.39. The third-order valence-electron chi connectivity index (χ3n) is 3.40. The molecule has 10 nitrogen and oxygen atoms in total. The van der Waals surface area contributed by atoms with E-state index in [-0.39, 0.29) is 12.3 Å². The van der Waals surface area contributed by atoms with Crippen molar-refractivity contribution in [2.75, 3.05) is 5.32 Å². The monoisotopic (exact) mass is 336 g/mol. The number of benzene rings is 1. The maximum atomic E-state index is 12.2. The Kier molecular flexibility index (Phi) is 3.54. The molecule has 10 heteroatoms. The zero-order valence-electron chi connectivity index (χ0n) is 12.8. The number of nitrogens with zero attached hydrogens (tertiary/aromatic N) is 5. The van der Waals surface area contributed by atoms with Crippen LogP contribution in [0.2, 0.25) is 0 Å². The molecule has 3 N–H and O–H groups in total. The van der Waals surface area contributed by atoms with Crippen LogP contribution in [0.5, 0.6) is 0 Å². The molecule has 3 aromatic heterocycles. The fourth-order valence-corrected chi connectivity index (χ4v) is 2.35. The molecule has 0 aliphatic carbocycles. The van der Waals surface area contributed by atoms with Gasteiger partial charge in [0.15, 0.2) is 11.6 Å². The van der Waals surface area contributed by atoms with Gasteiger partial charge in [-0.1, -0.05) is 12.1 Å². The summed E-state index contributed by atoms with van der Waals surface area (Å²) in [7, 11) is 0.